The van der Waals surface area contributed by atoms with Gasteiger partial charge in [-0.05, 0) is 47.6 Å². The number of nitrogens with zero attached hydrogens (tertiary/aromatic N) is 1. The van der Waals surface area contributed by atoms with Crippen LogP contribution in [0.15, 0.2) is 47.5 Å². The molecule has 2 rings (SSSR count). The molecule has 0 saturated heterocycles. The zero-order chi connectivity index (χ0) is 19.5. The molecular weight excluding hydrogens is 488 g/mol. The first kappa shape index (κ1) is 24.7. The van der Waals surface area contributed by atoms with Crippen LogP contribution in [0.3, 0.4) is 0 Å². The summed E-state index contributed by atoms with van der Waals surface area (Å²) in [5.74, 6) is 1.34. The van der Waals surface area contributed by atoms with E-state index in [-0.39, 0.29) is 29.8 Å². The van der Waals surface area contributed by atoms with Crippen LogP contribution >= 0.6 is 35.7 Å². The molecule has 2 aromatic carbocycles. The zero-order valence-electron chi connectivity index (χ0n) is 16.6. The molecule has 0 atom stereocenters. The fourth-order valence-electron chi connectivity index (χ4n) is 2.66. The maximum Gasteiger partial charge on any atom is 0.191 e. The van der Waals surface area contributed by atoms with Gasteiger partial charge in [0.05, 0.1) is 13.2 Å². The molecule has 0 amide bonds. The van der Waals surface area contributed by atoms with Crippen LogP contribution in [0.5, 0.6) is 0 Å². The van der Waals surface area contributed by atoms with Gasteiger partial charge in [0.25, 0.3) is 0 Å². The minimum Gasteiger partial charge on any atom is -0.380 e. The van der Waals surface area contributed by atoms with Crippen molar-refractivity contribution in [3.63, 3.8) is 0 Å². The van der Waals surface area contributed by atoms with Crippen molar-refractivity contribution in [3.05, 3.63) is 70.5 Å². The number of benzene rings is 2. The molecule has 4 nitrogen and oxygen atoms in total. The van der Waals surface area contributed by atoms with Crippen molar-refractivity contribution in [1.82, 2.24) is 10.6 Å². The lowest BCUT2D eigenvalue weighted by Crippen LogP contribution is -2.37. The van der Waals surface area contributed by atoms with Gasteiger partial charge in [0.1, 0.15) is 5.82 Å². The van der Waals surface area contributed by atoms with Gasteiger partial charge in [0.15, 0.2) is 5.96 Å². The Balaban J connectivity index is 0.00000392. The van der Waals surface area contributed by atoms with E-state index in [0.29, 0.717) is 19.7 Å². The van der Waals surface area contributed by atoms with Gasteiger partial charge in [0.2, 0.25) is 0 Å². The van der Waals surface area contributed by atoms with Gasteiger partial charge < -0.3 is 15.4 Å². The zero-order valence-corrected chi connectivity index (χ0v) is 19.8. The largest absolute Gasteiger partial charge is 0.380 e. The van der Waals surface area contributed by atoms with Crippen molar-refractivity contribution in [3.8, 4) is 0 Å². The molecule has 0 aromatic heterocycles. The number of guanidine groups is 1. The van der Waals surface area contributed by atoms with E-state index in [0.717, 1.165) is 40.5 Å². The fourth-order valence-corrected chi connectivity index (χ4v) is 3.24. The Hall–Kier alpha value is -1.32. The Kier molecular flexibility index (Phi) is 12.2. The lowest BCUT2D eigenvalue weighted by molar-refractivity contribution is 0.185. The predicted molar refractivity (Wildman–Crippen MR) is 128 cm³/mol. The topological polar surface area (TPSA) is 45.7 Å². The van der Waals surface area contributed by atoms with Gasteiger partial charge in [-0.15, -0.1) is 24.0 Å². The molecule has 0 aliphatic carbocycles. The van der Waals surface area contributed by atoms with Crippen LogP contribution in [0, 0.1) is 5.82 Å². The molecule has 28 heavy (non-hydrogen) atoms. The Morgan fingerprint density at radius 2 is 1.79 bits per heavy atom. The third-order valence-corrected chi connectivity index (χ3v) is 4.61. The number of methoxy groups -OCH3 is 1. The molecule has 0 aliphatic heterocycles. The van der Waals surface area contributed by atoms with Crippen LogP contribution in [0.4, 0.5) is 4.39 Å². The smallest absolute Gasteiger partial charge is 0.191 e. The quantitative estimate of drug-likeness (QED) is 0.288. The van der Waals surface area contributed by atoms with Crippen LogP contribution in [-0.4, -0.2) is 25.9 Å². The number of thioether (sulfide) groups is 1. The second-order valence-electron chi connectivity index (χ2n) is 6.14. The number of nitrogens with one attached hydrogen (secondary N) is 2. The fraction of sp³-hybridized carbons (Fsp3) is 0.381. The highest BCUT2D eigenvalue weighted by Gasteiger charge is 2.05. The second kappa shape index (κ2) is 13.8. The maximum absolute atomic E-state index is 13.5. The lowest BCUT2D eigenvalue weighted by Gasteiger charge is -2.14. The van der Waals surface area contributed by atoms with Crippen LogP contribution in [-0.2, 0) is 30.2 Å². The summed E-state index contributed by atoms with van der Waals surface area (Å²) in [7, 11) is 1.69. The summed E-state index contributed by atoms with van der Waals surface area (Å²) in [6.07, 6.45) is 2.02. The minimum atomic E-state index is -0.194. The highest BCUT2D eigenvalue weighted by Crippen LogP contribution is 2.16. The second-order valence-corrected chi connectivity index (χ2v) is 7.01. The summed E-state index contributed by atoms with van der Waals surface area (Å²) >= 11 is 1.68. The van der Waals surface area contributed by atoms with Gasteiger partial charge in [-0.1, -0.05) is 30.3 Å². The summed E-state index contributed by atoms with van der Waals surface area (Å²) in [5.41, 5.74) is 4.38. The molecule has 7 heteroatoms. The van der Waals surface area contributed by atoms with Gasteiger partial charge >= 0.3 is 0 Å². The van der Waals surface area contributed by atoms with Crippen LogP contribution in [0.25, 0.3) is 0 Å². The molecule has 0 fully saturated rings. The van der Waals surface area contributed by atoms with Crippen molar-refractivity contribution >= 4 is 41.7 Å². The molecule has 0 radical (unpaired) electrons. The predicted octanol–water partition coefficient (Wildman–Crippen LogP) is 4.71. The highest BCUT2D eigenvalue weighted by molar-refractivity contribution is 14.0. The summed E-state index contributed by atoms with van der Waals surface area (Å²) in [5, 5.41) is 6.60. The average Bonchev–Trinajstić information content (AvgIpc) is 2.67. The molecule has 0 aliphatic rings. The Morgan fingerprint density at radius 3 is 2.43 bits per heavy atom. The van der Waals surface area contributed by atoms with Gasteiger partial charge in [0, 0.05) is 26.0 Å². The lowest BCUT2D eigenvalue weighted by atomic mass is 10.1. The molecule has 0 spiro atoms. The highest BCUT2D eigenvalue weighted by atomic mass is 127. The van der Waals surface area contributed by atoms with Crippen molar-refractivity contribution < 1.29 is 9.13 Å². The van der Waals surface area contributed by atoms with Crippen molar-refractivity contribution in [2.75, 3.05) is 19.9 Å². The summed E-state index contributed by atoms with van der Waals surface area (Å²) in [6, 6.07) is 13.2. The van der Waals surface area contributed by atoms with Crippen molar-refractivity contribution in [2.24, 2.45) is 4.99 Å². The van der Waals surface area contributed by atoms with Gasteiger partial charge in [-0.25, -0.2) is 9.38 Å². The summed E-state index contributed by atoms with van der Waals surface area (Å²) in [4.78, 5) is 4.65. The van der Waals surface area contributed by atoms with E-state index in [2.05, 4.69) is 39.9 Å². The van der Waals surface area contributed by atoms with Crippen molar-refractivity contribution in [2.45, 2.75) is 32.4 Å². The number of halogens is 2. The van der Waals surface area contributed by atoms with E-state index in [9.17, 15) is 4.39 Å². The maximum atomic E-state index is 13.5. The average molecular weight is 517 g/mol. The van der Waals surface area contributed by atoms with Crippen LogP contribution < -0.4 is 10.6 Å². The summed E-state index contributed by atoms with van der Waals surface area (Å²) in [6.45, 7) is 4.62. The molecule has 0 bridgehead atoms. The monoisotopic (exact) mass is 517 g/mol. The van der Waals surface area contributed by atoms with E-state index in [1.54, 1.807) is 24.9 Å². The van der Waals surface area contributed by atoms with E-state index in [4.69, 9.17) is 4.74 Å². The Labute approximate surface area is 188 Å². The molecule has 154 valence electrons. The van der Waals surface area contributed by atoms with E-state index in [1.807, 2.05) is 19.2 Å². The van der Waals surface area contributed by atoms with Crippen LogP contribution in [0.1, 0.15) is 29.2 Å². The minimum absolute atomic E-state index is 0. The number of hydrogen-bond donors (Lipinski definition) is 2. The molecule has 0 saturated carbocycles. The number of ether oxygens (including phenoxy) is 1. The molecule has 0 heterocycles. The Morgan fingerprint density at radius 1 is 1.07 bits per heavy atom. The van der Waals surface area contributed by atoms with Crippen LogP contribution in [0.2, 0.25) is 0 Å². The first-order valence-corrected chi connectivity index (χ1v) is 10.4. The van der Waals surface area contributed by atoms with E-state index < -0.39 is 0 Å². The molecule has 2 aromatic rings. The SMILES string of the molecule is CCNC(=NCc1ccc(COC)cc1)NCc1ccc(F)cc1CSC.I. The van der Waals surface area contributed by atoms with E-state index >= 15 is 0 Å². The Bertz CT molecular complexity index is 741. The van der Waals surface area contributed by atoms with E-state index in [1.165, 1.54) is 6.07 Å². The molecular formula is C21H29FIN3OS. The first-order valence-electron chi connectivity index (χ1n) is 9.01. The normalized spacial score (nSPS) is 11.1. The third kappa shape index (κ3) is 8.36. The molecule has 2 N–H and O–H groups in total. The first-order chi connectivity index (χ1) is 13.2. The van der Waals surface area contributed by atoms with Crippen molar-refractivity contribution in [1.29, 1.82) is 0 Å². The number of hydrogen-bond acceptors (Lipinski definition) is 3. The number of rotatable bonds is 9. The number of aliphatic imine (C=N–C) groups is 1. The third-order valence-electron chi connectivity index (χ3n) is 4.01. The van der Waals surface area contributed by atoms with Gasteiger partial charge in [-0.3, -0.25) is 0 Å². The standard InChI is InChI=1S/C21H28FN3OS.HI/c1-4-23-21(24-12-16-5-7-17(8-6-16)14-26-2)25-13-18-9-10-20(22)11-19(18)15-27-3;/h5-11H,4,12-15H2,1-3H3,(H2,23,24,25);1H. The van der Waals surface area contributed by atoms with Gasteiger partial charge in [-0.2, -0.15) is 11.8 Å². The summed E-state index contributed by atoms with van der Waals surface area (Å²) < 4.78 is 18.6. The molecule has 0 unspecified atom stereocenters.